The lowest BCUT2D eigenvalue weighted by Crippen LogP contribution is -2.42. The number of nitrogens with one attached hydrogen (secondary N) is 1. The number of anilines is 2. The average molecular weight is 441 g/mol. The van der Waals surface area contributed by atoms with Gasteiger partial charge in [0.25, 0.3) is 5.56 Å². The van der Waals surface area contributed by atoms with Crippen LogP contribution in [-0.2, 0) is 16.1 Å². The molecule has 1 aliphatic rings. The van der Waals surface area contributed by atoms with Crippen molar-refractivity contribution in [3.05, 3.63) is 63.6 Å². The Labute approximate surface area is 169 Å². The van der Waals surface area contributed by atoms with E-state index in [2.05, 4.69) is 26.2 Å². The van der Waals surface area contributed by atoms with Crippen LogP contribution < -0.4 is 15.8 Å². The zero-order valence-electron chi connectivity index (χ0n) is 15.1. The summed E-state index contributed by atoms with van der Waals surface area (Å²) in [4.78, 5) is 43.9. The molecule has 0 fully saturated rings. The summed E-state index contributed by atoms with van der Waals surface area (Å²) >= 11 is 3.35. The van der Waals surface area contributed by atoms with Crippen molar-refractivity contribution in [2.24, 2.45) is 0 Å². The molecule has 4 rings (SSSR count). The van der Waals surface area contributed by atoms with E-state index in [0.717, 1.165) is 4.47 Å². The summed E-state index contributed by atoms with van der Waals surface area (Å²) in [5.74, 6) is -0.431. The molecule has 0 radical (unpaired) electrons. The summed E-state index contributed by atoms with van der Waals surface area (Å²) in [7, 11) is 0. The van der Waals surface area contributed by atoms with E-state index in [4.69, 9.17) is 0 Å². The van der Waals surface area contributed by atoms with E-state index in [1.165, 1.54) is 10.9 Å². The van der Waals surface area contributed by atoms with E-state index in [1.54, 1.807) is 35.2 Å². The van der Waals surface area contributed by atoms with Crippen LogP contribution in [0.5, 0.6) is 0 Å². The van der Waals surface area contributed by atoms with Gasteiger partial charge in [0, 0.05) is 16.9 Å². The maximum absolute atomic E-state index is 13.1. The number of rotatable bonds is 2. The molecular formula is C20H17BrN4O3. The van der Waals surface area contributed by atoms with Crippen molar-refractivity contribution >= 4 is 50.0 Å². The number of aromatic nitrogens is 2. The Hall–Kier alpha value is -3.00. The van der Waals surface area contributed by atoms with E-state index in [-0.39, 0.29) is 36.4 Å². The Balaban J connectivity index is 1.72. The number of nitrogens with zero attached hydrogens (tertiary/aromatic N) is 3. The third-order valence-corrected chi connectivity index (χ3v) is 5.21. The zero-order valence-corrected chi connectivity index (χ0v) is 16.6. The van der Waals surface area contributed by atoms with E-state index in [9.17, 15) is 14.4 Å². The fraction of sp³-hybridized carbons (Fsp3) is 0.200. The first-order chi connectivity index (χ1) is 13.4. The molecule has 0 spiro atoms. The van der Waals surface area contributed by atoms with E-state index >= 15 is 0 Å². The molecule has 28 heavy (non-hydrogen) atoms. The van der Waals surface area contributed by atoms with Crippen LogP contribution in [-0.4, -0.2) is 27.4 Å². The second-order valence-electron chi connectivity index (χ2n) is 6.72. The largest absolute Gasteiger partial charge is 0.324 e. The maximum Gasteiger partial charge on any atom is 0.261 e. The predicted octanol–water partition coefficient (Wildman–Crippen LogP) is 2.92. The lowest BCUT2D eigenvalue weighted by atomic mass is 10.1. The molecule has 3 aromatic rings. The smallest absolute Gasteiger partial charge is 0.261 e. The highest BCUT2D eigenvalue weighted by Crippen LogP contribution is 2.31. The third kappa shape index (κ3) is 3.31. The molecule has 0 bridgehead atoms. The minimum Gasteiger partial charge on any atom is -0.324 e. The summed E-state index contributed by atoms with van der Waals surface area (Å²) < 4.78 is 2.06. The van der Waals surface area contributed by atoms with E-state index in [0.29, 0.717) is 22.3 Å². The summed E-state index contributed by atoms with van der Waals surface area (Å²) in [6, 6.07) is 12.1. The van der Waals surface area contributed by atoms with Crippen LogP contribution in [0.2, 0.25) is 0 Å². The molecule has 2 aromatic carbocycles. The van der Waals surface area contributed by atoms with Crippen molar-refractivity contribution in [2.45, 2.75) is 25.9 Å². The number of carbonyl (C=O) groups is 2. The molecule has 2 heterocycles. The molecule has 0 aliphatic carbocycles. The Morgan fingerprint density at radius 2 is 2.04 bits per heavy atom. The van der Waals surface area contributed by atoms with Gasteiger partial charge in [0.05, 0.1) is 28.6 Å². The van der Waals surface area contributed by atoms with Gasteiger partial charge in [-0.15, -0.1) is 0 Å². The van der Waals surface area contributed by atoms with Crippen LogP contribution in [0.4, 0.5) is 11.4 Å². The summed E-state index contributed by atoms with van der Waals surface area (Å²) in [6.45, 7) is 1.65. The quantitative estimate of drug-likeness (QED) is 0.663. The zero-order chi connectivity index (χ0) is 19.8. The molecular weight excluding hydrogens is 424 g/mol. The van der Waals surface area contributed by atoms with Crippen LogP contribution in [0.15, 0.2) is 58.1 Å². The Kier molecular flexibility index (Phi) is 4.72. The number of para-hydroxylation sites is 2. The molecule has 2 amide bonds. The SMILES string of the molecule is C[C@@H]1CC(=O)Nc2ccccc2N1C(=O)Cn1cnc2ccc(Br)cc2c1=O. The van der Waals surface area contributed by atoms with Crippen molar-refractivity contribution in [3.8, 4) is 0 Å². The predicted molar refractivity (Wildman–Crippen MR) is 110 cm³/mol. The third-order valence-electron chi connectivity index (χ3n) is 4.72. The Morgan fingerprint density at radius 3 is 2.86 bits per heavy atom. The Morgan fingerprint density at radius 1 is 1.25 bits per heavy atom. The highest BCUT2D eigenvalue weighted by Gasteiger charge is 2.29. The summed E-state index contributed by atoms with van der Waals surface area (Å²) in [5, 5.41) is 3.26. The number of hydrogen-bond acceptors (Lipinski definition) is 4. The van der Waals surface area contributed by atoms with Crippen molar-refractivity contribution in [1.29, 1.82) is 0 Å². The van der Waals surface area contributed by atoms with Gasteiger partial charge >= 0.3 is 0 Å². The minimum atomic E-state index is -0.339. The molecule has 8 heteroatoms. The lowest BCUT2D eigenvalue weighted by molar-refractivity contribution is -0.120. The van der Waals surface area contributed by atoms with Crippen LogP contribution in [0.1, 0.15) is 13.3 Å². The molecule has 1 atom stereocenters. The van der Waals surface area contributed by atoms with Gasteiger partial charge in [-0.25, -0.2) is 4.98 Å². The maximum atomic E-state index is 13.1. The normalized spacial score (nSPS) is 16.4. The van der Waals surface area contributed by atoms with Crippen molar-refractivity contribution in [1.82, 2.24) is 9.55 Å². The molecule has 0 saturated carbocycles. The molecule has 7 nitrogen and oxygen atoms in total. The first kappa shape index (κ1) is 18.4. The van der Waals surface area contributed by atoms with Crippen molar-refractivity contribution < 1.29 is 9.59 Å². The molecule has 1 N–H and O–H groups in total. The van der Waals surface area contributed by atoms with Crippen LogP contribution in [0, 0.1) is 0 Å². The number of hydrogen-bond donors (Lipinski definition) is 1. The number of fused-ring (bicyclic) bond motifs is 2. The minimum absolute atomic E-state index is 0.148. The van der Waals surface area contributed by atoms with Gasteiger partial charge in [0.1, 0.15) is 6.54 Å². The molecule has 1 aromatic heterocycles. The lowest BCUT2D eigenvalue weighted by Gasteiger charge is -2.28. The van der Waals surface area contributed by atoms with Crippen molar-refractivity contribution in [3.63, 3.8) is 0 Å². The molecule has 1 aliphatic heterocycles. The van der Waals surface area contributed by atoms with E-state index < -0.39 is 0 Å². The molecule has 0 unspecified atom stereocenters. The standard InChI is InChI=1S/C20H17BrN4O3/c1-12-8-18(26)23-16-4-2-3-5-17(16)25(12)19(27)10-24-11-22-15-7-6-13(21)9-14(15)20(24)28/h2-7,9,11-12H,8,10H2,1H3,(H,23,26)/t12-/m1/s1. The van der Waals surface area contributed by atoms with Gasteiger partial charge in [-0.3, -0.25) is 19.0 Å². The number of halogens is 1. The molecule has 142 valence electrons. The first-order valence-corrected chi connectivity index (χ1v) is 9.59. The van der Waals surface area contributed by atoms with Gasteiger partial charge in [-0.2, -0.15) is 0 Å². The number of benzene rings is 2. The molecule has 0 saturated heterocycles. The van der Waals surface area contributed by atoms with E-state index in [1.807, 2.05) is 19.1 Å². The monoisotopic (exact) mass is 440 g/mol. The van der Waals surface area contributed by atoms with Crippen molar-refractivity contribution in [2.75, 3.05) is 10.2 Å². The summed E-state index contributed by atoms with van der Waals surface area (Å²) in [6.07, 6.45) is 1.56. The topological polar surface area (TPSA) is 84.3 Å². The second-order valence-corrected chi connectivity index (χ2v) is 7.64. The van der Waals surface area contributed by atoms with Gasteiger partial charge in [-0.1, -0.05) is 28.1 Å². The fourth-order valence-electron chi connectivity index (χ4n) is 3.43. The average Bonchev–Trinajstić information content (AvgIpc) is 2.78. The van der Waals surface area contributed by atoms with Crippen LogP contribution in [0.3, 0.4) is 0 Å². The van der Waals surface area contributed by atoms with Gasteiger partial charge in [-0.05, 0) is 37.3 Å². The Bertz CT molecular complexity index is 1160. The van der Waals surface area contributed by atoms with Gasteiger partial charge in [0.2, 0.25) is 11.8 Å². The first-order valence-electron chi connectivity index (χ1n) is 8.79. The second kappa shape index (κ2) is 7.20. The highest BCUT2D eigenvalue weighted by molar-refractivity contribution is 9.10. The number of amides is 2. The van der Waals surface area contributed by atoms with Crippen LogP contribution in [0.25, 0.3) is 10.9 Å². The summed E-state index contributed by atoms with van der Waals surface area (Å²) in [5.41, 5.74) is 1.48. The fourth-order valence-corrected chi connectivity index (χ4v) is 3.79. The highest BCUT2D eigenvalue weighted by atomic mass is 79.9. The van der Waals surface area contributed by atoms with Gasteiger partial charge < -0.3 is 10.2 Å². The van der Waals surface area contributed by atoms with Crippen LogP contribution >= 0.6 is 15.9 Å². The van der Waals surface area contributed by atoms with Gasteiger partial charge in [0.15, 0.2) is 0 Å². The number of carbonyl (C=O) groups excluding carboxylic acids is 2.